The van der Waals surface area contributed by atoms with E-state index in [2.05, 4.69) is 27.7 Å². The van der Waals surface area contributed by atoms with Crippen LogP contribution in [0.2, 0.25) is 0 Å². The summed E-state index contributed by atoms with van der Waals surface area (Å²) in [4.78, 5) is 0. The smallest absolute Gasteiger partial charge is 0.0863 e. The van der Waals surface area contributed by atoms with Crippen LogP contribution in [0, 0.1) is 0 Å². The van der Waals surface area contributed by atoms with E-state index in [1.807, 2.05) is 0 Å². The monoisotopic (exact) mass is 185 g/mol. The van der Waals surface area contributed by atoms with Gasteiger partial charge in [0, 0.05) is 0 Å². The van der Waals surface area contributed by atoms with Crippen LogP contribution in [0.25, 0.3) is 0 Å². The van der Waals surface area contributed by atoms with Crippen molar-refractivity contribution in [3.63, 3.8) is 0 Å². The predicted octanol–water partition coefficient (Wildman–Crippen LogP) is 2.46. The van der Waals surface area contributed by atoms with E-state index in [0.29, 0.717) is 0 Å². The Kier molecular flexibility index (Phi) is 3.03. The molecule has 0 radical (unpaired) electrons. The SMILES string of the molecule is CCC1(CC)OC(CC)(CC)C1N. The molecule has 0 spiro atoms. The molecule has 1 rings (SSSR count). The van der Waals surface area contributed by atoms with E-state index in [4.69, 9.17) is 10.5 Å². The third-order valence-corrected chi connectivity index (χ3v) is 3.93. The van der Waals surface area contributed by atoms with Gasteiger partial charge in [0.05, 0.1) is 17.2 Å². The zero-order valence-electron chi connectivity index (χ0n) is 9.39. The fraction of sp³-hybridized carbons (Fsp3) is 1.00. The molecule has 0 bridgehead atoms. The van der Waals surface area contributed by atoms with Crippen molar-refractivity contribution in [3.8, 4) is 0 Å². The molecule has 2 heteroatoms. The molecule has 0 unspecified atom stereocenters. The van der Waals surface area contributed by atoms with E-state index in [-0.39, 0.29) is 17.2 Å². The molecular formula is C11H23NO. The minimum Gasteiger partial charge on any atom is -0.365 e. The van der Waals surface area contributed by atoms with Gasteiger partial charge in [-0.2, -0.15) is 0 Å². The van der Waals surface area contributed by atoms with Crippen LogP contribution >= 0.6 is 0 Å². The molecule has 0 aromatic rings. The summed E-state index contributed by atoms with van der Waals surface area (Å²) in [5, 5.41) is 0. The Labute approximate surface area is 81.8 Å². The zero-order chi connectivity index (χ0) is 10.1. The molecule has 0 amide bonds. The molecule has 0 saturated carbocycles. The maximum atomic E-state index is 6.25. The Hall–Kier alpha value is -0.0800. The molecule has 1 saturated heterocycles. The molecule has 1 aliphatic rings. The Bertz CT molecular complexity index is 153. The van der Waals surface area contributed by atoms with Crippen LogP contribution in [0.15, 0.2) is 0 Å². The highest BCUT2D eigenvalue weighted by molar-refractivity contribution is 5.12. The fourth-order valence-corrected chi connectivity index (χ4v) is 2.62. The quantitative estimate of drug-likeness (QED) is 0.730. The van der Waals surface area contributed by atoms with Gasteiger partial charge in [0.15, 0.2) is 0 Å². The largest absolute Gasteiger partial charge is 0.365 e. The second-order valence-electron chi connectivity index (χ2n) is 4.12. The first-order valence-electron chi connectivity index (χ1n) is 5.56. The first-order chi connectivity index (χ1) is 6.10. The van der Waals surface area contributed by atoms with Gasteiger partial charge in [-0.15, -0.1) is 0 Å². The second-order valence-corrected chi connectivity index (χ2v) is 4.12. The average molecular weight is 185 g/mol. The summed E-state index contributed by atoms with van der Waals surface area (Å²) in [7, 11) is 0. The van der Waals surface area contributed by atoms with Gasteiger partial charge in [0.1, 0.15) is 0 Å². The summed E-state index contributed by atoms with van der Waals surface area (Å²) < 4.78 is 6.10. The topological polar surface area (TPSA) is 35.2 Å². The first-order valence-corrected chi connectivity index (χ1v) is 5.56. The highest BCUT2D eigenvalue weighted by atomic mass is 16.6. The summed E-state index contributed by atoms with van der Waals surface area (Å²) in [5.41, 5.74) is 6.21. The van der Waals surface area contributed by atoms with Crippen LogP contribution in [0.4, 0.5) is 0 Å². The van der Waals surface area contributed by atoms with Crippen molar-refractivity contribution >= 4 is 0 Å². The standard InChI is InChI=1S/C11H23NO/c1-5-10(6-2)9(12)11(7-3,8-4)13-10/h9H,5-8,12H2,1-4H3. The van der Waals surface area contributed by atoms with Crippen LogP contribution < -0.4 is 5.73 Å². The van der Waals surface area contributed by atoms with Crippen LogP contribution in [0.3, 0.4) is 0 Å². The van der Waals surface area contributed by atoms with Gasteiger partial charge in [-0.05, 0) is 25.7 Å². The van der Waals surface area contributed by atoms with Gasteiger partial charge in [-0.3, -0.25) is 0 Å². The van der Waals surface area contributed by atoms with Gasteiger partial charge in [-0.25, -0.2) is 0 Å². The van der Waals surface area contributed by atoms with Crippen molar-refractivity contribution in [1.29, 1.82) is 0 Å². The normalized spacial score (nSPS) is 25.6. The summed E-state index contributed by atoms with van der Waals surface area (Å²) >= 11 is 0. The molecule has 2 N–H and O–H groups in total. The highest BCUT2D eigenvalue weighted by Crippen LogP contribution is 2.48. The van der Waals surface area contributed by atoms with E-state index >= 15 is 0 Å². The zero-order valence-corrected chi connectivity index (χ0v) is 9.39. The van der Waals surface area contributed by atoms with E-state index in [9.17, 15) is 0 Å². The second kappa shape index (κ2) is 3.58. The van der Waals surface area contributed by atoms with Gasteiger partial charge < -0.3 is 10.5 Å². The van der Waals surface area contributed by atoms with Gasteiger partial charge in [-0.1, -0.05) is 27.7 Å². The van der Waals surface area contributed by atoms with Crippen molar-refractivity contribution in [2.75, 3.05) is 0 Å². The average Bonchev–Trinajstić information content (AvgIpc) is 2.19. The minimum atomic E-state index is -0.0218. The molecule has 0 aromatic carbocycles. The van der Waals surface area contributed by atoms with Crippen molar-refractivity contribution in [1.82, 2.24) is 0 Å². The predicted molar refractivity (Wildman–Crippen MR) is 55.7 cm³/mol. The van der Waals surface area contributed by atoms with Crippen molar-refractivity contribution in [2.24, 2.45) is 5.73 Å². The lowest BCUT2D eigenvalue weighted by atomic mass is 9.69. The highest BCUT2D eigenvalue weighted by Gasteiger charge is 2.59. The molecule has 1 aliphatic heterocycles. The van der Waals surface area contributed by atoms with Gasteiger partial charge in [0.2, 0.25) is 0 Å². The minimum absolute atomic E-state index is 0.0218. The lowest BCUT2D eigenvalue weighted by Crippen LogP contribution is -2.75. The summed E-state index contributed by atoms with van der Waals surface area (Å²) in [6.45, 7) is 8.66. The van der Waals surface area contributed by atoms with Crippen LogP contribution in [-0.2, 0) is 4.74 Å². The lowest BCUT2D eigenvalue weighted by Gasteiger charge is -2.61. The first kappa shape index (κ1) is 11.0. The Balaban J connectivity index is 2.73. The Morgan fingerprint density at radius 2 is 1.23 bits per heavy atom. The van der Waals surface area contributed by atoms with Crippen LogP contribution in [0.5, 0.6) is 0 Å². The molecule has 13 heavy (non-hydrogen) atoms. The Morgan fingerprint density at radius 1 is 0.923 bits per heavy atom. The number of hydrogen-bond acceptors (Lipinski definition) is 2. The molecule has 1 heterocycles. The summed E-state index contributed by atoms with van der Waals surface area (Å²) in [6, 6.07) is 0.227. The van der Waals surface area contributed by atoms with E-state index in [1.165, 1.54) is 0 Å². The number of rotatable bonds is 4. The third-order valence-electron chi connectivity index (χ3n) is 3.93. The molecule has 2 nitrogen and oxygen atoms in total. The van der Waals surface area contributed by atoms with Crippen molar-refractivity contribution < 1.29 is 4.74 Å². The van der Waals surface area contributed by atoms with Gasteiger partial charge in [0.25, 0.3) is 0 Å². The maximum Gasteiger partial charge on any atom is 0.0863 e. The van der Waals surface area contributed by atoms with Crippen molar-refractivity contribution in [3.05, 3.63) is 0 Å². The fourth-order valence-electron chi connectivity index (χ4n) is 2.62. The number of hydrogen-bond donors (Lipinski definition) is 1. The molecule has 1 fully saturated rings. The van der Waals surface area contributed by atoms with Gasteiger partial charge >= 0.3 is 0 Å². The van der Waals surface area contributed by atoms with E-state index in [0.717, 1.165) is 25.7 Å². The third kappa shape index (κ3) is 1.31. The summed E-state index contributed by atoms with van der Waals surface area (Å²) in [6.07, 6.45) is 4.14. The molecule has 0 aliphatic carbocycles. The van der Waals surface area contributed by atoms with E-state index in [1.54, 1.807) is 0 Å². The number of ether oxygens (including phenoxy) is 1. The molecule has 78 valence electrons. The molecular weight excluding hydrogens is 162 g/mol. The van der Waals surface area contributed by atoms with E-state index < -0.39 is 0 Å². The lowest BCUT2D eigenvalue weighted by molar-refractivity contribution is -0.294. The Morgan fingerprint density at radius 3 is 1.38 bits per heavy atom. The van der Waals surface area contributed by atoms with Crippen LogP contribution in [-0.4, -0.2) is 17.2 Å². The number of nitrogens with two attached hydrogens (primary N) is 1. The molecule has 0 atom stereocenters. The van der Waals surface area contributed by atoms with Crippen LogP contribution in [0.1, 0.15) is 53.4 Å². The summed E-state index contributed by atoms with van der Waals surface area (Å²) in [5.74, 6) is 0. The molecule has 0 aromatic heterocycles. The van der Waals surface area contributed by atoms with Crippen molar-refractivity contribution in [2.45, 2.75) is 70.6 Å². The maximum absolute atomic E-state index is 6.25.